The summed E-state index contributed by atoms with van der Waals surface area (Å²) < 4.78 is 5.17. The summed E-state index contributed by atoms with van der Waals surface area (Å²) in [7, 11) is 0. The third-order valence-corrected chi connectivity index (χ3v) is 4.69. The van der Waals surface area contributed by atoms with Crippen molar-refractivity contribution in [2.45, 2.75) is 20.8 Å². The van der Waals surface area contributed by atoms with Crippen LogP contribution >= 0.6 is 11.6 Å². The van der Waals surface area contributed by atoms with Crippen molar-refractivity contribution in [2.24, 2.45) is 0 Å². The molecule has 0 radical (unpaired) electrons. The predicted octanol–water partition coefficient (Wildman–Crippen LogP) is 5.32. The number of hydrogen-bond acceptors (Lipinski definition) is 5. The van der Waals surface area contributed by atoms with Crippen molar-refractivity contribution in [3.05, 3.63) is 64.3 Å². The first-order chi connectivity index (χ1) is 12.9. The van der Waals surface area contributed by atoms with Crippen molar-refractivity contribution < 1.29 is 14.3 Å². The van der Waals surface area contributed by atoms with Crippen LogP contribution in [0.3, 0.4) is 0 Å². The van der Waals surface area contributed by atoms with Crippen LogP contribution in [-0.4, -0.2) is 23.3 Å². The van der Waals surface area contributed by atoms with Gasteiger partial charge in [-0.15, -0.1) is 0 Å². The molecule has 2 aromatic carbocycles. The maximum absolute atomic E-state index is 12.4. The number of aromatic nitrogens is 1. The quantitative estimate of drug-likeness (QED) is 0.477. The third-order valence-electron chi connectivity index (χ3n) is 4.28. The van der Waals surface area contributed by atoms with Crippen LogP contribution in [0.2, 0.25) is 5.02 Å². The van der Waals surface area contributed by atoms with Gasteiger partial charge >= 0.3 is 5.97 Å². The summed E-state index contributed by atoms with van der Waals surface area (Å²) in [5.74, 6) is -0.462. The molecule has 1 aromatic heterocycles. The van der Waals surface area contributed by atoms with Gasteiger partial charge in [0.2, 0.25) is 0 Å². The summed E-state index contributed by atoms with van der Waals surface area (Å²) in [6, 6.07) is 10.7. The first-order valence-corrected chi connectivity index (χ1v) is 8.93. The number of ether oxygens (including phenoxy) is 1. The molecule has 3 aromatic rings. The molecular weight excluding hydrogens is 364 g/mol. The van der Waals surface area contributed by atoms with E-state index in [2.05, 4.69) is 10.3 Å². The lowest BCUT2D eigenvalue weighted by molar-refractivity contribution is 0.0527. The second-order valence-corrected chi connectivity index (χ2v) is 6.50. The Balaban J connectivity index is 2.14. The zero-order chi connectivity index (χ0) is 19.6. The van der Waals surface area contributed by atoms with Gasteiger partial charge in [-0.3, -0.25) is 9.78 Å². The fraction of sp³-hybridized carbons (Fsp3) is 0.190. The Labute approximate surface area is 162 Å². The van der Waals surface area contributed by atoms with E-state index in [1.807, 2.05) is 13.0 Å². The molecule has 0 aliphatic carbocycles. The summed E-state index contributed by atoms with van der Waals surface area (Å²) in [5.41, 5.74) is 3.83. The standard InChI is InChI=1S/C21H19ClN2O3/c1-4-27-21(26)17-11-23-19-12(2)18(22)10-9-16(19)20(17)24-15-7-5-14(6-8-15)13(3)25/h5-11H,4H2,1-3H3,(H,23,24). The first kappa shape index (κ1) is 18.9. The van der Waals surface area contributed by atoms with Crippen molar-refractivity contribution in [3.8, 4) is 0 Å². The Bertz CT molecular complexity index is 1030. The molecule has 27 heavy (non-hydrogen) atoms. The zero-order valence-corrected chi connectivity index (χ0v) is 16.1. The Kier molecular flexibility index (Phi) is 5.42. The van der Waals surface area contributed by atoms with Gasteiger partial charge in [-0.05, 0) is 62.7 Å². The van der Waals surface area contributed by atoms with Gasteiger partial charge in [0.25, 0.3) is 0 Å². The lowest BCUT2D eigenvalue weighted by Gasteiger charge is -2.15. The molecule has 0 aliphatic heterocycles. The maximum atomic E-state index is 12.4. The highest BCUT2D eigenvalue weighted by molar-refractivity contribution is 6.32. The van der Waals surface area contributed by atoms with Gasteiger partial charge in [-0.25, -0.2) is 4.79 Å². The van der Waals surface area contributed by atoms with Crippen LogP contribution in [0.4, 0.5) is 11.4 Å². The lowest BCUT2D eigenvalue weighted by Crippen LogP contribution is -2.09. The topological polar surface area (TPSA) is 68.3 Å². The smallest absolute Gasteiger partial charge is 0.341 e. The summed E-state index contributed by atoms with van der Waals surface area (Å²) in [6.45, 7) is 5.42. The highest BCUT2D eigenvalue weighted by atomic mass is 35.5. The van der Waals surface area contributed by atoms with Gasteiger partial charge in [0.1, 0.15) is 5.56 Å². The van der Waals surface area contributed by atoms with Crippen LogP contribution in [0, 0.1) is 6.92 Å². The van der Waals surface area contributed by atoms with E-state index in [0.29, 0.717) is 27.4 Å². The number of hydrogen-bond donors (Lipinski definition) is 1. The minimum Gasteiger partial charge on any atom is -0.462 e. The highest BCUT2D eigenvalue weighted by Crippen LogP contribution is 2.33. The van der Waals surface area contributed by atoms with Crippen molar-refractivity contribution in [1.29, 1.82) is 0 Å². The van der Waals surface area contributed by atoms with E-state index in [9.17, 15) is 9.59 Å². The number of nitrogens with zero attached hydrogens (tertiary/aromatic N) is 1. The molecule has 0 aliphatic rings. The number of nitrogens with one attached hydrogen (secondary N) is 1. The van der Waals surface area contributed by atoms with Crippen LogP contribution in [0.15, 0.2) is 42.6 Å². The largest absolute Gasteiger partial charge is 0.462 e. The van der Waals surface area contributed by atoms with Crippen LogP contribution in [-0.2, 0) is 4.74 Å². The number of Topliss-reactive ketones (excluding diaryl/α,β-unsaturated/α-hetero) is 1. The van der Waals surface area contributed by atoms with Gasteiger partial charge < -0.3 is 10.1 Å². The maximum Gasteiger partial charge on any atom is 0.341 e. The second kappa shape index (κ2) is 7.76. The molecule has 1 heterocycles. The van der Waals surface area contributed by atoms with Gasteiger partial charge in [0.15, 0.2) is 5.78 Å². The summed E-state index contributed by atoms with van der Waals surface area (Å²) >= 11 is 6.22. The second-order valence-electron chi connectivity index (χ2n) is 6.09. The molecule has 138 valence electrons. The SMILES string of the molecule is CCOC(=O)c1cnc2c(C)c(Cl)ccc2c1Nc1ccc(C(C)=O)cc1. The minimum absolute atomic E-state index is 0.00612. The van der Waals surface area contributed by atoms with E-state index in [4.69, 9.17) is 16.3 Å². The van der Waals surface area contributed by atoms with Crippen LogP contribution < -0.4 is 5.32 Å². The molecule has 0 fully saturated rings. The Morgan fingerprint density at radius 1 is 1.15 bits per heavy atom. The number of aryl methyl sites for hydroxylation is 1. The number of rotatable bonds is 5. The lowest BCUT2D eigenvalue weighted by atomic mass is 10.1. The van der Waals surface area contributed by atoms with Crippen molar-refractivity contribution in [1.82, 2.24) is 4.98 Å². The third kappa shape index (κ3) is 3.78. The number of anilines is 2. The molecule has 0 spiro atoms. The monoisotopic (exact) mass is 382 g/mol. The molecular formula is C21H19ClN2O3. The summed E-state index contributed by atoms with van der Waals surface area (Å²) in [4.78, 5) is 28.3. The number of carbonyl (C=O) groups excluding carboxylic acids is 2. The number of halogens is 1. The van der Waals surface area contributed by atoms with Crippen molar-refractivity contribution in [2.75, 3.05) is 11.9 Å². The molecule has 0 bridgehead atoms. The van der Waals surface area contributed by atoms with Crippen molar-refractivity contribution in [3.63, 3.8) is 0 Å². The van der Waals surface area contributed by atoms with Gasteiger partial charge in [-0.2, -0.15) is 0 Å². The molecule has 5 nitrogen and oxygen atoms in total. The fourth-order valence-electron chi connectivity index (χ4n) is 2.81. The Hall–Kier alpha value is -2.92. The van der Waals surface area contributed by atoms with E-state index in [1.165, 1.54) is 13.1 Å². The number of ketones is 1. The van der Waals surface area contributed by atoms with Crippen LogP contribution in [0.25, 0.3) is 10.9 Å². The molecule has 3 rings (SSSR count). The normalized spacial score (nSPS) is 10.7. The Morgan fingerprint density at radius 3 is 2.48 bits per heavy atom. The van der Waals surface area contributed by atoms with Crippen LogP contribution in [0.5, 0.6) is 0 Å². The molecule has 0 saturated heterocycles. The number of esters is 1. The number of benzene rings is 2. The number of fused-ring (bicyclic) bond motifs is 1. The average molecular weight is 383 g/mol. The fourth-order valence-corrected chi connectivity index (χ4v) is 2.97. The predicted molar refractivity (Wildman–Crippen MR) is 107 cm³/mol. The molecule has 0 amide bonds. The van der Waals surface area contributed by atoms with E-state index in [1.54, 1.807) is 37.3 Å². The molecule has 0 saturated carbocycles. The minimum atomic E-state index is -0.456. The molecule has 6 heteroatoms. The highest BCUT2D eigenvalue weighted by Gasteiger charge is 2.18. The molecule has 0 unspecified atom stereocenters. The number of carbonyl (C=O) groups is 2. The van der Waals surface area contributed by atoms with E-state index in [0.717, 1.165) is 16.6 Å². The summed E-state index contributed by atoms with van der Waals surface area (Å²) in [5, 5.41) is 4.64. The zero-order valence-electron chi connectivity index (χ0n) is 15.3. The molecule has 0 atom stereocenters. The number of pyridine rings is 1. The van der Waals surface area contributed by atoms with E-state index >= 15 is 0 Å². The summed E-state index contributed by atoms with van der Waals surface area (Å²) in [6.07, 6.45) is 1.50. The average Bonchev–Trinajstić information content (AvgIpc) is 2.65. The molecule has 1 N–H and O–H groups in total. The van der Waals surface area contributed by atoms with E-state index in [-0.39, 0.29) is 12.4 Å². The first-order valence-electron chi connectivity index (χ1n) is 8.55. The van der Waals surface area contributed by atoms with Crippen molar-refractivity contribution >= 4 is 45.6 Å². The van der Waals surface area contributed by atoms with Gasteiger partial charge in [0.05, 0.1) is 17.8 Å². The van der Waals surface area contributed by atoms with E-state index < -0.39 is 5.97 Å². The van der Waals surface area contributed by atoms with Gasteiger partial charge in [0, 0.05) is 27.9 Å². The van der Waals surface area contributed by atoms with Crippen LogP contribution in [0.1, 0.15) is 40.1 Å². The Morgan fingerprint density at radius 2 is 1.85 bits per heavy atom. The van der Waals surface area contributed by atoms with Gasteiger partial charge in [-0.1, -0.05) is 11.6 Å².